The van der Waals surface area contributed by atoms with Crippen molar-refractivity contribution in [2.45, 2.75) is 0 Å². The van der Waals surface area contributed by atoms with E-state index in [2.05, 4.69) is 9.97 Å². The van der Waals surface area contributed by atoms with Crippen LogP contribution in [0.25, 0.3) is 5.78 Å². The van der Waals surface area contributed by atoms with Gasteiger partial charge in [0.25, 0.3) is 0 Å². The molecule has 4 N–H and O–H groups in total. The van der Waals surface area contributed by atoms with Gasteiger partial charge in [0.2, 0.25) is 5.78 Å². The lowest BCUT2D eigenvalue weighted by molar-refractivity contribution is 1.13. The average molecular weight is 149 g/mol. The fraction of sp³-hybridized carbons (Fsp3) is 0. The van der Waals surface area contributed by atoms with Crippen LogP contribution in [0.5, 0.6) is 0 Å². The second kappa shape index (κ2) is 1.85. The van der Waals surface area contributed by atoms with Crippen LogP contribution >= 0.6 is 0 Å². The first-order chi connectivity index (χ1) is 5.27. The Morgan fingerprint density at radius 2 is 2.18 bits per heavy atom. The molecule has 0 aromatic carbocycles. The second-order valence-corrected chi connectivity index (χ2v) is 2.20. The molecule has 0 atom stereocenters. The Kier molecular flexibility index (Phi) is 1.00. The summed E-state index contributed by atoms with van der Waals surface area (Å²) in [4.78, 5) is 7.88. The van der Waals surface area contributed by atoms with Gasteiger partial charge in [-0.1, -0.05) is 0 Å². The van der Waals surface area contributed by atoms with Crippen LogP contribution in [0.4, 0.5) is 11.6 Å². The van der Waals surface area contributed by atoms with Crippen LogP contribution in [-0.2, 0) is 0 Å². The Hall–Kier alpha value is -1.78. The number of hydrogen-bond acceptors (Lipinski definition) is 4. The summed E-state index contributed by atoms with van der Waals surface area (Å²) < 4.78 is 1.66. The van der Waals surface area contributed by atoms with Gasteiger partial charge in [0.1, 0.15) is 11.6 Å². The molecule has 0 amide bonds. The summed E-state index contributed by atoms with van der Waals surface area (Å²) in [6.45, 7) is 0. The van der Waals surface area contributed by atoms with Gasteiger partial charge >= 0.3 is 0 Å². The number of aromatic nitrogens is 3. The van der Waals surface area contributed by atoms with Gasteiger partial charge in [0.05, 0.1) is 0 Å². The molecule has 56 valence electrons. The van der Waals surface area contributed by atoms with E-state index in [0.29, 0.717) is 17.4 Å². The lowest BCUT2D eigenvalue weighted by Gasteiger charge is -1.98. The number of imidazole rings is 1. The highest BCUT2D eigenvalue weighted by Gasteiger charge is 1.99. The molecule has 0 aliphatic rings. The summed E-state index contributed by atoms with van der Waals surface area (Å²) in [5.74, 6) is 1.47. The number of nitrogen functional groups attached to an aromatic ring is 2. The fourth-order valence-corrected chi connectivity index (χ4v) is 0.949. The number of anilines is 2. The molecule has 0 aliphatic heterocycles. The zero-order valence-corrected chi connectivity index (χ0v) is 5.73. The van der Waals surface area contributed by atoms with Crippen molar-refractivity contribution in [2.75, 3.05) is 11.5 Å². The summed E-state index contributed by atoms with van der Waals surface area (Å²) in [6, 6.07) is 1.59. The molecule has 2 heterocycles. The first kappa shape index (κ1) is 5.96. The molecule has 0 radical (unpaired) electrons. The maximum Gasteiger partial charge on any atom is 0.237 e. The monoisotopic (exact) mass is 149 g/mol. The van der Waals surface area contributed by atoms with E-state index in [4.69, 9.17) is 11.5 Å². The van der Waals surface area contributed by atoms with Crippen LogP contribution in [0.15, 0.2) is 18.5 Å². The molecule has 5 nitrogen and oxygen atoms in total. The van der Waals surface area contributed by atoms with Crippen LogP contribution in [0, 0.1) is 0 Å². The van der Waals surface area contributed by atoms with Gasteiger partial charge in [-0.15, -0.1) is 0 Å². The lowest BCUT2D eigenvalue weighted by Crippen LogP contribution is -2.00. The molecule has 2 aromatic heterocycles. The van der Waals surface area contributed by atoms with Gasteiger partial charge in [-0.05, 0) is 0 Å². The Labute approximate surface area is 62.7 Å². The quantitative estimate of drug-likeness (QED) is 0.547. The van der Waals surface area contributed by atoms with E-state index in [1.54, 1.807) is 22.9 Å². The van der Waals surface area contributed by atoms with Crippen LogP contribution in [0.2, 0.25) is 0 Å². The predicted octanol–water partition coefficient (Wildman–Crippen LogP) is -0.106. The molecule has 0 aliphatic carbocycles. The first-order valence-electron chi connectivity index (χ1n) is 3.12. The SMILES string of the molecule is Nc1cc(N)n2ccnc2n1. The highest BCUT2D eigenvalue weighted by Crippen LogP contribution is 2.08. The van der Waals surface area contributed by atoms with Crippen molar-refractivity contribution >= 4 is 17.4 Å². The zero-order valence-electron chi connectivity index (χ0n) is 5.73. The number of nitrogens with two attached hydrogens (primary N) is 2. The Balaban J connectivity index is 2.91. The van der Waals surface area contributed by atoms with Crippen LogP contribution in [0.1, 0.15) is 0 Å². The molecule has 2 rings (SSSR count). The van der Waals surface area contributed by atoms with Crippen molar-refractivity contribution in [1.82, 2.24) is 14.4 Å². The maximum atomic E-state index is 5.60. The Morgan fingerprint density at radius 3 is 3.00 bits per heavy atom. The summed E-state index contributed by atoms with van der Waals surface area (Å²) in [5, 5.41) is 0. The van der Waals surface area contributed by atoms with E-state index in [1.807, 2.05) is 0 Å². The summed E-state index contributed by atoms with van der Waals surface area (Å²) >= 11 is 0. The van der Waals surface area contributed by atoms with Crippen molar-refractivity contribution in [2.24, 2.45) is 0 Å². The molecule has 2 aromatic rings. The van der Waals surface area contributed by atoms with E-state index >= 15 is 0 Å². The van der Waals surface area contributed by atoms with Crippen molar-refractivity contribution < 1.29 is 0 Å². The van der Waals surface area contributed by atoms with E-state index in [-0.39, 0.29) is 0 Å². The van der Waals surface area contributed by atoms with Gasteiger partial charge in [-0.2, -0.15) is 4.98 Å². The van der Waals surface area contributed by atoms with Crippen molar-refractivity contribution in [1.29, 1.82) is 0 Å². The number of rotatable bonds is 0. The topological polar surface area (TPSA) is 82.2 Å². The third-order valence-corrected chi connectivity index (χ3v) is 1.42. The minimum atomic E-state index is 0.390. The maximum absolute atomic E-state index is 5.60. The molecule has 0 spiro atoms. The van der Waals surface area contributed by atoms with Gasteiger partial charge in [0, 0.05) is 18.5 Å². The molecule has 0 saturated carbocycles. The van der Waals surface area contributed by atoms with Gasteiger partial charge in [-0.25, -0.2) is 4.98 Å². The average Bonchev–Trinajstić information content (AvgIpc) is 2.34. The molecule has 0 unspecified atom stereocenters. The fourth-order valence-electron chi connectivity index (χ4n) is 0.949. The highest BCUT2D eigenvalue weighted by atomic mass is 15.1. The minimum Gasteiger partial charge on any atom is -0.385 e. The molecule has 0 fully saturated rings. The molecule has 0 bridgehead atoms. The van der Waals surface area contributed by atoms with Gasteiger partial charge in [0.15, 0.2) is 0 Å². The van der Waals surface area contributed by atoms with E-state index < -0.39 is 0 Å². The smallest absolute Gasteiger partial charge is 0.237 e. The number of nitrogens with zero attached hydrogens (tertiary/aromatic N) is 3. The lowest BCUT2D eigenvalue weighted by atomic mass is 10.5. The third kappa shape index (κ3) is 0.778. The van der Waals surface area contributed by atoms with Crippen LogP contribution in [-0.4, -0.2) is 14.4 Å². The molecular weight excluding hydrogens is 142 g/mol. The van der Waals surface area contributed by atoms with E-state index in [9.17, 15) is 0 Å². The molecule has 11 heavy (non-hydrogen) atoms. The Bertz CT molecular complexity index is 391. The third-order valence-electron chi connectivity index (χ3n) is 1.42. The van der Waals surface area contributed by atoms with E-state index in [1.165, 1.54) is 0 Å². The van der Waals surface area contributed by atoms with Gasteiger partial charge in [-0.3, -0.25) is 4.40 Å². The first-order valence-corrected chi connectivity index (χ1v) is 3.12. The van der Waals surface area contributed by atoms with Crippen molar-refractivity contribution in [3.8, 4) is 0 Å². The van der Waals surface area contributed by atoms with E-state index in [0.717, 1.165) is 0 Å². The number of hydrogen-bond donors (Lipinski definition) is 2. The second-order valence-electron chi connectivity index (χ2n) is 2.20. The molecule has 0 saturated heterocycles. The molecule has 5 heteroatoms. The predicted molar refractivity (Wildman–Crippen MR) is 41.8 cm³/mol. The highest BCUT2D eigenvalue weighted by molar-refractivity contribution is 5.50. The van der Waals surface area contributed by atoms with Crippen molar-refractivity contribution in [3.05, 3.63) is 18.5 Å². The zero-order chi connectivity index (χ0) is 7.84. The van der Waals surface area contributed by atoms with Crippen molar-refractivity contribution in [3.63, 3.8) is 0 Å². The largest absolute Gasteiger partial charge is 0.385 e. The van der Waals surface area contributed by atoms with Crippen LogP contribution in [0.3, 0.4) is 0 Å². The molecular formula is C6H7N5. The van der Waals surface area contributed by atoms with Gasteiger partial charge < -0.3 is 11.5 Å². The minimum absolute atomic E-state index is 0.390. The normalized spacial score (nSPS) is 10.5. The summed E-state index contributed by atoms with van der Waals surface area (Å²) in [7, 11) is 0. The van der Waals surface area contributed by atoms with Crippen LogP contribution < -0.4 is 11.5 Å². The summed E-state index contributed by atoms with van der Waals surface area (Å²) in [5.41, 5.74) is 11.0. The standard InChI is InChI=1S/C6H7N5/c7-4-3-5(8)11-2-1-9-6(11)10-4/h1-3H,8H2,(H2,7,9,10). The number of fused-ring (bicyclic) bond motifs is 1. The summed E-state index contributed by atoms with van der Waals surface area (Å²) in [6.07, 6.45) is 3.36. The Morgan fingerprint density at radius 1 is 1.36 bits per heavy atom.